The maximum absolute atomic E-state index is 12.0. The third kappa shape index (κ3) is 3.68. The van der Waals surface area contributed by atoms with E-state index < -0.39 is 0 Å². The quantitative estimate of drug-likeness (QED) is 0.842. The van der Waals surface area contributed by atoms with Gasteiger partial charge in [-0.2, -0.15) is 0 Å². The molecule has 1 aromatic rings. The molecule has 0 atom stereocenters. The van der Waals surface area contributed by atoms with E-state index in [1.165, 1.54) is 5.57 Å². The Bertz CT molecular complexity index is 462. The molecule has 0 saturated carbocycles. The Hall–Kier alpha value is -1.13. The van der Waals surface area contributed by atoms with Gasteiger partial charge >= 0.3 is 0 Å². The van der Waals surface area contributed by atoms with Crippen LogP contribution in [0, 0.1) is 6.92 Å². The summed E-state index contributed by atoms with van der Waals surface area (Å²) >= 11 is 3.41. The van der Waals surface area contributed by atoms with Crippen LogP contribution in [0.2, 0.25) is 0 Å². The summed E-state index contributed by atoms with van der Waals surface area (Å²) in [6.07, 6.45) is 3.16. The fourth-order valence-corrected chi connectivity index (χ4v) is 2.60. The van der Waals surface area contributed by atoms with Crippen molar-refractivity contribution in [2.24, 2.45) is 0 Å². The maximum Gasteiger partial charge on any atom is 0.251 e. The molecule has 1 aliphatic heterocycles. The number of nitrogens with one attached hydrogen (secondary N) is 2. The molecule has 2 rings (SSSR count). The van der Waals surface area contributed by atoms with Gasteiger partial charge in [0, 0.05) is 23.1 Å². The summed E-state index contributed by atoms with van der Waals surface area (Å²) in [5, 5.41) is 6.22. The van der Waals surface area contributed by atoms with Crippen molar-refractivity contribution in [1.29, 1.82) is 0 Å². The van der Waals surface area contributed by atoms with Crippen molar-refractivity contribution >= 4 is 21.8 Å². The molecule has 0 aromatic heterocycles. The molecule has 4 heteroatoms. The highest BCUT2D eigenvalue weighted by Crippen LogP contribution is 2.15. The third-order valence-electron chi connectivity index (χ3n) is 2.94. The van der Waals surface area contributed by atoms with Crippen LogP contribution in [0.3, 0.4) is 0 Å². The van der Waals surface area contributed by atoms with Crippen LogP contribution in [0.4, 0.5) is 0 Å². The van der Waals surface area contributed by atoms with E-state index in [4.69, 9.17) is 0 Å². The van der Waals surface area contributed by atoms with E-state index in [1.807, 2.05) is 25.1 Å². The Labute approximate surface area is 116 Å². The Morgan fingerprint density at radius 3 is 2.94 bits per heavy atom. The number of carbonyl (C=O) groups excluding carboxylic acids is 1. The molecule has 18 heavy (non-hydrogen) atoms. The molecule has 0 bridgehead atoms. The first-order valence-electron chi connectivity index (χ1n) is 6.09. The standard InChI is InChI=1S/C14H17BrN2O/c1-10-6-12(8-13(15)7-10)14(18)17-9-11-2-4-16-5-3-11/h2,6-8,16H,3-5,9H2,1H3,(H,17,18). The minimum absolute atomic E-state index is 0.0150. The first kappa shape index (κ1) is 13.3. The van der Waals surface area contributed by atoms with Crippen LogP contribution >= 0.6 is 15.9 Å². The van der Waals surface area contributed by atoms with Gasteiger partial charge in [-0.1, -0.05) is 27.6 Å². The average Bonchev–Trinajstić information content (AvgIpc) is 2.36. The number of hydrogen-bond donors (Lipinski definition) is 2. The summed E-state index contributed by atoms with van der Waals surface area (Å²) in [5.74, 6) is -0.0150. The number of rotatable bonds is 3. The predicted molar refractivity (Wildman–Crippen MR) is 76.8 cm³/mol. The molecule has 2 N–H and O–H groups in total. The molecule has 0 radical (unpaired) electrons. The van der Waals surface area contributed by atoms with Crippen molar-refractivity contribution in [3.8, 4) is 0 Å². The Morgan fingerprint density at radius 1 is 1.44 bits per heavy atom. The van der Waals surface area contributed by atoms with Gasteiger partial charge in [-0.3, -0.25) is 4.79 Å². The van der Waals surface area contributed by atoms with E-state index in [-0.39, 0.29) is 5.91 Å². The van der Waals surface area contributed by atoms with Crippen molar-refractivity contribution < 1.29 is 4.79 Å². The average molecular weight is 309 g/mol. The number of benzene rings is 1. The first-order valence-corrected chi connectivity index (χ1v) is 6.88. The molecule has 96 valence electrons. The van der Waals surface area contributed by atoms with Crippen LogP contribution in [0.25, 0.3) is 0 Å². The van der Waals surface area contributed by atoms with Gasteiger partial charge in [0.05, 0.1) is 0 Å². The lowest BCUT2D eigenvalue weighted by Gasteiger charge is -2.14. The van der Waals surface area contributed by atoms with Crippen LogP contribution in [0.5, 0.6) is 0 Å². The number of hydrogen-bond acceptors (Lipinski definition) is 2. The fraction of sp³-hybridized carbons (Fsp3) is 0.357. The van der Waals surface area contributed by atoms with Gasteiger partial charge in [0.15, 0.2) is 0 Å². The lowest BCUT2D eigenvalue weighted by Crippen LogP contribution is -2.29. The van der Waals surface area contributed by atoms with Crippen LogP contribution < -0.4 is 10.6 Å². The normalized spacial score (nSPS) is 15.1. The second-order valence-corrected chi connectivity index (χ2v) is 5.43. The minimum Gasteiger partial charge on any atom is -0.348 e. The molecular weight excluding hydrogens is 292 g/mol. The summed E-state index contributed by atoms with van der Waals surface area (Å²) < 4.78 is 0.939. The van der Waals surface area contributed by atoms with E-state index in [2.05, 4.69) is 32.6 Å². The van der Waals surface area contributed by atoms with E-state index in [0.717, 1.165) is 29.5 Å². The molecule has 0 aliphatic carbocycles. The van der Waals surface area contributed by atoms with Crippen LogP contribution in [-0.2, 0) is 0 Å². The zero-order chi connectivity index (χ0) is 13.0. The Morgan fingerprint density at radius 2 is 2.28 bits per heavy atom. The Balaban J connectivity index is 1.97. The summed E-state index contributed by atoms with van der Waals surface area (Å²) in [5.41, 5.74) is 3.08. The number of aryl methyl sites for hydroxylation is 1. The summed E-state index contributed by atoms with van der Waals surface area (Å²) in [6, 6.07) is 5.74. The Kier molecular flexibility index (Phi) is 4.55. The third-order valence-corrected chi connectivity index (χ3v) is 3.40. The smallest absolute Gasteiger partial charge is 0.251 e. The lowest BCUT2D eigenvalue weighted by atomic mass is 10.1. The van der Waals surface area contributed by atoms with Crippen molar-refractivity contribution in [3.63, 3.8) is 0 Å². The van der Waals surface area contributed by atoms with Gasteiger partial charge < -0.3 is 10.6 Å². The van der Waals surface area contributed by atoms with Gasteiger partial charge in [0.2, 0.25) is 0 Å². The summed E-state index contributed by atoms with van der Waals surface area (Å²) in [7, 11) is 0. The van der Waals surface area contributed by atoms with Crippen molar-refractivity contribution in [2.45, 2.75) is 13.3 Å². The van der Waals surface area contributed by atoms with Crippen molar-refractivity contribution in [2.75, 3.05) is 19.6 Å². The molecule has 0 fully saturated rings. The molecule has 3 nitrogen and oxygen atoms in total. The maximum atomic E-state index is 12.0. The molecule has 1 heterocycles. The molecular formula is C14H17BrN2O. The van der Waals surface area contributed by atoms with Gasteiger partial charge in [-0.25, -0.2) is 0 Å². The highest BCUT2D eigenvalue weighted by atomic mass is 79.9. The van der Waals surface area contributed by atoms with Crippen molar-refractivity contribution in [3.05, 3.63) is 45.4 Å². The monoisotopic (exact) mass is 308 g/mol. The molecule has 1 aliphatic rings. The highest BCUT2D eigenvalue weighted by Gasteiger charge is 2.08. The molecule has 1 aromatic carbocycles. The summed E-state index contributed by atoms with van der Waals surface area (Å²) in [6.45, 7) is 4.53. The van der Waals surface area contributed by atoms with Crippen molar-refractivity contribution in [1.82, 2.24) is 10.6 Å². The second-order valence-electron chi connectivity index (χ2n) is 4.52. The molecule has 0 unspecified atom stereocenters. The summed E-state index contributed by atoms with van der Waals surface area (Å²) in [4.78, 5) is 12.0. The number of carbonyl (C=O) groups is 1. The van der Waals surface area contributed by atoms with E-state index >= 15 is 0 Å². The van der Waals surface area contributed by atoms with Gasteiger partial charge in [0.1, 0.15) is 0 Å². The highest BCUT2D eigenvalue weighted by molar-refractivity contribution is 9.10. The van der Waals surface area contributed by atoms with E-state index in [1.54, 1.807) is 0 Å². The molecule has 0 spiro atoms. The predicted octanol–water partition coefficient (Wildman–Crippen LogP) is 2.41. The lowest BCUT2D eigenvalue weighted by molar-refractivity contribution is 0.0956. The topological polar surface area (TPSA) is 41.1 Å². The fourth-order valence-electron chi connectivity index (χ4n) is 1.99. The minimum atomic E-state index is -0.0150. The SMILES string of the molecule is Cc1cc(Br)cc(C(=O)NCC2=CCNCC2)c1. The molecule has 1 amide bonds. The van der Waals surface area contributed by atoms with Crippen LogP contribution in [-0.4, -0.2) is 25.5 Å². The van der Waals surface area contributed by atoms with Crippen LogP contribution in [0.1, 0.15) is 22.3 Å². The largest absolute Gasteiger partial charge is 0.348 e. The number of halogens is 1. The van der Waals surface area contributed by atoms with E-state index in [9.17, 15) is 4.79 Å². The number of amides is 1. The molecule has 0 saturated heterocycles. The van der Waals surface area contributed by atoms with Gasteiger partial charge in [-0.15, -0.1) is 0 Å². The zero-order valence-electron chi connectivity index (χ0n) is 10.4. The zero-order valence-corrected chi connectivity index (χ0v) is 12.0. The van der Waals surface area contributed by atoms with Crippen LogP contribution in [0.15, 0.2) is 34.3 Å². The van der Waals surface area contributed by atoms with Gasteiger partial charge in [0.25, 0.3) is 5.91 Å². The second kappa shape index (κ2) is 6.16. The van der Waals surface area contributed by atoms with Gasteiger partial charge in [-0.05, 0) is 43.7 Å². The van der Waals surface area contributed by atoms with E-state index in [0.29, 0.717) is 12.1 Å². The first-order chi connectivity index (χ1) is 8.65.